The van der Waals surface area contributed by atoms with Crippen molar-refractivity contribution in [3.63, 3.8) is 0 Å². The number of amides is 1. The predicted molar refractivity (Wildman–Crippen MR) is 119 cm³/mol. The van der Waals surface area contributed by atoms with Crippen molar-refractivity contribution in [2.75, 3.05) is 5.32 Å². The van der Waals surface area contributed by atoms with Gasteiger partial charge in [0, 0.05) is 11.3 Å². The Morgan fingerprint density at radius 3 is 2.50 bits per heavy atom. The minimum Gasteiger partial charge on any atom is -0.331 e. The van der Waals surface area contributed by atoms with Gasteiger partial charge in [0.1, 0.15) is 0 Å². The van der Waals surface area contributed by atoms with Crippen molar-refractivity contribution in [1.82, 2.24) is 9.55 Å². The quantitative estimate of drug-likeness (QED) is 0.394. The van der Waals surface area contributed by atoms with Gasteiger partial charge in [-0.05, 0) is 73.2 Å². The molecule has 0 unspecified atom stereocenters. The van der Waals surface area contributed by atoms with Crippen LogP contribution in [0.4, 0.5) is 18.9 Å². The van der Waals surface area contributed by atoms with E-state index in [0.29, 0.717) is 16.8 Å². The average Bonchev–Trinajstić information content (AvgIpc) is 2.73. The fraction of sp³-hybridized carbons (Fsp3) is 0.0870. The molecule has 1 aromatic heterocycles. The van der Waals surface area contributed by atoms with Crippen molar-refractivity contribution in [3.8, 4) is 5.69 Å². The molecule has 4 rings (SSSR count). The van der Waals surface area contributed by atoms with Gasteiger partial charge in [0.2, 0.25) is 0 Å². The van der Waals surface area contributed by atoms with Crippen molar-refractivity contribution in [1.29, 1.82) is 0 Å². The molecule has 0 fully saturated rings. The Morgan fingerprint density at radius 2 is 1.78 bits per heavy atom. The first kappa shape index (κ1) is 21.5. The third-order valence-corrected chi connectivity index (χ3v) is 5.15. The second kappa shape index (κ2) is 8.08. The number of nitrogens with one attached hydrogen (secondary N) is 2. The number of aromatic amines is 1. The molecule has 0 aliphatic rings. The van der Waals surface area contributed by atoms with Crippen LogP contribution in [-0.2, 0) is 6.18 Å². The molecule has 9 heteroatoms. The molecule has 3 aromatic carbocycles. The van der Waals surface area contributed by atoms with E-state index in [2.05, 4.69) is 10.3 Å². The lowest BCUT2D eigenvalue weighted by molar-refractivity contribution is -0.137. The number of anilines is 1. The van der Waals surface area contributed by atoms with Gasteiger partial charge in [0.15, 0.2) is 4.77 Å². The summed E-state index contributed by atoms with van der Waals surface area (Å²) < 4.78 is 40.1. The maximum absolute atomic E-state index is 13.1. The number of H-pyrrole nitrogens is 1. The number of halogens is 3. The van der Waals surface area contributed by atoms with Crippen LogP contribution >= 0.6 is 12.2 Å². The SMILES string of the molecule is Cc1cccc(NC(=O)c2ccc3c(=O)n(-c4cccc(C(F)(F)F)c4)c(=S)[nH]c3c2)c1. The van der Waals surface area contributed by atoms with Gasteiger partial charge in [-0.15, -0.1) is 0 Å². The highest BCUT2D eigenvalue weighted by molar-refractivity contribution is 7.71. The summed E-state index contributed by atoms with van der Waals surface area (Å²) in [5, 5.41) is 2.97. The molecule has 162 valence electrons. The maximum Gasteiger partial charge on any atom is 0.416 e. The Kier molecular flexibility index (Phi) is 5.43. The highest BCUT2D eigenvalue weighted by atomic mass is 32.1. The van der Waals surface area contributed by atoms with Gasteiger partial charge >= 0.3 is 6.18 Å². The maximum atomic E-state index is 13.1. The van der Waals surface area contributed by atoms with E-state index in [1.165, 1.54) is 30.3 Å². The van der Waals surface area contributed by atoms with Crippen molar-refractivity contribution in [2.24, 2.45) is 0 Å². The Bertz CT molecular complexity index is 1470. The molecule has 0 radical (unpaired) electrons. The molecule has 2 N–H and O–H groups in total. The zero-order valence-electron chi connectivity index (χ0n) is 16.7. The summed E-state index contributed by atoms with van der Waals surface area (Å²) in [4.78, 5) is 28.5. The predicted octanol–water partition coefficient (Wildman–Crippen LogP) is 5.63. The number of benzene rings is 3. The lowest BCUT2D eigenvalue weighted by Gasteiger charge is -2.12. The molecular weight excluding hydrogens is 439 g/mol. The van der Waals surface area contributed by atoms with Crippen LogP contribution < -0.4 is 10.9 Å². The number of carbonyl (C=O) groups excluding carboxylic acids is 1. The van der Waals surface area contributed by atoms with Gasteiger partial charge in [-0.2, -0.15) is 13.2 Å². The fourth-order valence-electron chi connectivity index (χ4n) is 3.34. The van der Waals surface area contributed by atoms with Crippen LogP contribution in [-0.4, -0.2) is 15.5 Å². The number of aromatic nitrogens is 2. The van der Waals surface area contributed by atoms with Gasteiger partial charge < -0.3 is 10.3 Å². The molecule has 0 saturated carbocycles. The Labute approximate surface area is 185 Å². The van der Waals surface area contributed by atoms with E-state index in [1.807, 2.05) is 25.1 Å². The van der Waals surface area contributed by atoms with E-state index < -0.39 is 17.3 Å². The lowest BCUT2D eigenvalue weighted by Crippen LogP contribution is -2.21. The molecule has 0 aliphatic heterocycles. The third-order valence-electron chi connectivity index (χ3n) is 4.87. The van der Waals surface area contributed by atoms with E-state index in [4.69, 9.17) is 12.2 Å². The largest absolute Gasteiger partial charge is 0.416 e. The summed E-state index contributed by atoms with van der Waals surface area (Å²) in [7, 11) is 0. The van der Waals surface area contributed by atoms with Crippen LogP contribution in [0.2, 0.25) is 0 Å². The molecule has 5 nitrogen and oxygen atoms in total. The third kappa shape index (κ3) is 4.19. The van der Waals surface area contributed by atoms with Gasteiger partial charge in [0.05, 0.1) is 22.2 Å². The van der Waals surface area contributed by atoms with Crippen LogP contribution in [0.5, 0.6) is 0 Å². The van der Waals surface area contributed by atoms with Crippen LogP contribution in [0.3, 0.4) is 0 Å². The molecule has 0 saturated heterocycles. The van der Waals surface area contributed by atoms with Crippen LogP contribution in [0.1, 0.15) is 21.5 Å². The van der Waals surface area contributed by atoms with Crippen LogP contribution in [0.25, 0.3) is 16.6 Å². The van der Waals surface area contributed by atoms with E-state index >= 15 is 0 Å². The fourth-order valence-corrected chi connectivity index (χ4v) is 3.64. The standard InChI is InChI=1S/C23H16F3N3O2S/c1-13-4-2-6-16(10-13)27-20(30)14-8-9-18-19(11-14)28-22(32)29(21(18)31)17-7-3-5-15(12-17)23(24,25)26/h2-12H,1H3,(H,27,30)(H,28,32). The Morgan fingerprint density at radius 1 is 1.03 bits per heavy atom. The van der Waals surface area contributed by atoms with Crippen molar-refractivity contribution < 1.29 is 18.0 Å². The van der Waals surface area contributed by atoms with Gasteiger partial charge in [-0.25, -0.2) is 0 Å². The summed E-state index contributed by atoms with van der Waals surface area (Å²) in [5.41, 5.74) is 0.729. The first-order valence-electron chi connectivity index (χ1n) is 9.48. The summed E-state index contributed by atoms with van der Waals surface area (Å²) in [6, 6.07) is 16.1. The number of alkyl halides is 3. The van der Waals surface area contributed by atoms with Crippen LogP contribution in [0, 0.1) is 11.7 Å². The smallest absolute Gasteiger partial charge is 0.331 e. The molecule has 0 aliphatic carbocycles. The molecule has 32 heavy (non-hydrogen) atoms. The Hall–Kier alpha value is -3.72. The summed E-state index contributed by atoms with van der Waals surface area (Å²) in [5.74, 6) is -0.376. The van der Waals surface area contributed by atoms with E-state index in [-0.39, 0.29) is 21.8 Å². The number of nitrogens with zero attached hydrogens (tertiary/aromatic N) is 1. The van der Waals surface area contributed by atoms with Crippen molar-refractivity contribution in [3.05, 3.63) is 98.5 Å². The molecule has 0 bridgehead atoms. The minimum atomic E-state index is -4.55. The number of carbonyl (C=O) groups is 1. The monoisotopic (exact) mass is 455 g/mol. The Balaban J connectivity index is 1.75. The van der Waals surface area contributed by atoms with Crippen LogP contribution in [0.15, 0.2) is 71.5 Å². The average molecular weight is 455 g/mol. The summed E-state index contributed by atoms with van der Waals surface area (Å²) in [6.45, 7) is 1.90. The summed E-state index contributed by atoms with van der Waals surface area (Å²) in [6.07, 6.45) is -4.55. The van der Waals surface area contributed by atoms with Gasteiger partial charge in [0.25, 0.3) is 11.5 Å². The topological polar surface area (TPSA) is 66.9 Å². The normalized spacial score (nSPS) is 11.5. The zero-order chi connectivity index (χ0) is 23.0. The molecule has 4 aromatic rings. The first-order valence-corrected chi connectivity index (χ1v) is 9.89. The molecule has 0 atom stereocenters. The molecule has 0 spiro atoms. The first-order chi connectivity index (χ1) is 15.1. The number of rotatable bonds is 3. The molecule has 1 heterocycles. The highest BCUT2D eigenvalue weighted by Crippen LogP contribution is 2.30. The highest BCUT2D eigenvalue weighted by Gasteiger charge is 2.30. The molecule has 1 amide bonds. The number of hydrogen-bond acceptors (Lipinski definition) is 3. The number of hydrogen-bond donors (Lipinski definition) is 2. The van der Waals surface area contributed by atoms with E-state index in [9.17, 15) is 22.8 Å². The molecular formula is C23H16F3N3O2S. The van der Waals surface area contributed by atoms with Crippen molar-refractivity contribution >= 4 is 34.7 Å². The second-order valence-corrected chi connectivity index (χ2v) is 7.59. The minimum absolute atomic E-state index is 0.00533. The summed E-state index contributed by atoms with van der Waals surface area (Å²) >= 11 is 5.24. The van der Waals surface area contributed by atoms with Gasteiger partial charge in [-0.3, -0.25) is 14.2 Å². The number of fused-ring (bicyclic) bond motifs is 1. The number of aryl methyl sites for hydroxylation is 1. The zero-order valence-corrected chi connectivity index (χ0v) is 17.5. The lowest BCUT2D eigenvalue weighted by atomic mass is 10.1. The second-order valence-electron chi connectivity index (χ2n) is 7.20. The van der Waals surface area contributed by atoms with E-state index in [0.717, 1.165) is 22.3 Å². The van der Waals surface area contributed by atoms with Gasteiger partial charge in [-0.1, -0.05) is 18.2 Å². The van der Waals surface area contributed by atoms with Crippen molar-refractivity contribution in [2.45, 2.75) is 13.1 Å². The van der Waals surface area contributed by atoms with E-state index in [1.54, 1.807) is 6.07 Å².